The summed E-state index contributed by atoms with van der Waals surface area (Å²) in [5.41, 5.74) is 1.30. The lowest BCUT2D eigenvalue weighted by Gasteiger charge is -2.16. The lowest BCUT2D eigenvalue weighted by atomic mass is 10.2. The predicted octanol–water partition coefficient (Wildman–Crippen LogP) is 2.42. The van der Waals surface area contributed by atoms with Crippen molar-refractivity contribution < 1.29 is 4.79 Å². The van der Waals surface area contributed by atoms with Crippen molar-refractivity contribution in [3.05, 3.63) is 21.9 Å². The van der Waals surface area contributed by atoms with Crippen LogP contribution in [0.1, 0.15) is 23.3 Å². The smallest absolute Gasteiger partial charge is 0.225 e. The summed E-state index contributed by atoms with van der Waals surface area (Å²) in [6.07, 6.45) is 2.18. The zero-order chi connectivity index (χ0) is 10.1. The lowest BCUT2D eigenvalue weighted by molar-refractivity contribution is -0.131. The maximum absolute atomic E-state index is 11.7. The molecule has 0 bridgehead atoms. The van der Waals surface area contributed by atoms with E-state index in [0.717, 1.165) is 19.4 Å². The number of amides is 1. The molecule has 1 amide bonds. The van der Waals surface area contributed by atoms with Gasteiger partial charge in [0.1, 0.15) is 0 Å². The van der Waals surface area contributed by atoms with Crippen LogP contribution in [0.25, 0.3) is 0 Å². The van der Waals surface area contributed by atoms with Crippen LogP contribution in [0.4, 0.5) is 0 Å². The molecule has 0 radical (unpaired) electrons. The molecular formula is C11H15NOS. The SMILES string of the molecule is Cc1ccsc1CN(C)C(=O)C1CC1. The molecule has 0 saturated heterocycles. The van der Waals surface area contributed by atoms with Crippen LogP contribution in [0.15, 0.2) is 11.4 Å². The van der Waals surface area contributed by atoms with E-state index in [-0.39, 0.29) is 0 Å². The molecule has 2 rings (SSSR count). The van der Waals surface area contributed by atoms with Gasteiger partial charge in [-0.3, -0.25) is 4.79 Å². The Morgan fingerprint density at radius 2 is 2.36 bits per heavy atom. The van der Waals surface area contributed by atoms with Gasteiger partial charge in [-0.1, -0.05) is 0 Å². The van der Waals surface area contributed by atoms with E-state index in [0.29, 0.717) is 11.8 Å². The van der Waals surface area contributed by atoms with Crippen LogP contribution in [0.2, 0.25) is 0 Å². The zero-order valence-electron chi connectivity index (χ0n) is 8.62. The molecule has 1 saturated carbocycles. The molecule has 0 aromatic carbocycles. The molecular weight excluding hydrogens is 194 g/mol. The van der Waals surface area contributed by atoms with Gasteiger partial charge in [0, 0.05) is 17.8 Å². The third kappa shape index (κ3) is 1.98. The highest BCUT2D eigenvalue weighted by molar-refractivity contribution is 7.10. The number of carbonyl (C=O) groups is 1. The second-order valence-corrected chi connectivity index (χ2v) is 5.00. The molecule has 14 heavy (non-hydrogen) atoms. The molecule has 0 aliphatic heterocycles. The monoisotopic (exact) mass is 209 g/mol. The van der Waals surface area contributed by atoms with E-state index in [4.69, 9.17) is 0 Å². The first-order valence-corrected chi connectivity index (χ1v) is 5.84. The van der Waals surface area contributed by atoms with Crippen molar-refractivity contribution in [2.45, 2.75) is 26.3 Å². The first kappa shape index (κ1) is 9.71. The highest BCUT2D eigenvalue weighted by Gasteiger charge is 2.32. The van der Waals surface area contributed by atoms with Crippen LogP contribution in [0.5, 0.6) is 0 Å². The van der Waals surface area contributed by atoms with Crippen LogP contribution >= 0.6 is 11.3 Å². The third-order valence-electron chi connectivity index (χ3n) is 2.65. The summed E-state index contributed by atoms with van der Waals surface area (Å²) in [5.74, 6) is 0.651. The molecule has 1 aliphatic carbocycles. The maximum Gasteiger partial charge on any atom is 0.225 e. The Bertz CT molecular complexity index is 341. The number of carbonyl (C=O) groups excluding carboxylic acids is 1. The Morgan fingerprint density at radius 3 is 2.86 bits per heavy atom. The molecule has 3 heteroatoms. The Hall–Kier alpha value is -0.830. The number of hydrogen-bond donors (Lipinski definition) is 0. The van der Waals surface area contributed by atoms with Crippen molar-refractivity contribution in [1.29, 1.82) is 0 Å². The number of hydrogen-bond acceptors (Lipinski definition) is 2. The van der Waals surface area contributed by atoms with Gasteiger partial charge in [0.15, 0.2) is 0 Å². The Labute approximate surface area is 88.5 Å². The molecule has 1 aromatic rings. The number of nitrogens with zero attached hydrogens (tertiary/aromatic N) is 1. The normalized spacial score (nSPS) is 15.6. The minimum absolute atomic E-state index is 0.317. The van der Waals surface area contributed by atoms with Gasteiger partial charge in [0.05, 0.1) is 6.54 Å². The molecule has 1 heterocycles. The highest BCUT2D eigenvalue weighted by atomic mass is 32.1. The van der Waals surface area contributed by atoms with Crippen LogP contribution in [-0.4, -0.2) is 17.9 Å². The van der Waals surface area contributed by atoms with Crippen molar-refractivity contribution in [3.63, 3.8) is 0 Å². The Kier molecular flexibility index (Phi) is 2.59. The van der Waals surface area contributed by atoms with Crippen LogP contribution < -0.4 is 0 Å². The number of aryl methyl sites for hydroxylation is 1. The van der Waals surface area contributed by atoms with Gasteiger partial charge in [-0.15, -0.1) is 11.3 Å². The average molecular weight is 209 g/mol. The molecule has 1 fully saturated rings. The standard InChI is InChI=1S/C11H15NOS/c1-8-5-6-14-10(8)7-12(2)11(13)9-3-4-9/h5-6,9H,3-4,7H2,1-2H3. The molecule has 0 atom stereocenters. The van der Waals surface area contributed by atoms with E-state index in [1.165, 1.54) is 10.4 Å². The molecule has 76 valence electrons. The van der Waals surface area contributed by atoms with Gasteiger partial charge in [-0.25, -0.2) is 0 Å². The van der Waals surface area contributed by atoms with Crippen LogP contribution in [0, 0.1) is 12.8 Å². The van der Waals surface area contributed by atoms with Crippen molar-refractivity contribution in [2.24, 2.45) is 5.92 Å². The van der Waals surface area contributed by atoms with Gasteiger partial charge < -0.3 is 4.90 Å². The van der Waals surface area contributed by atoms with Crippen molar-refractivity contribution in [1.82, 2.24) is 4.90 Å². The molecule has 2 nitrogen and oxygen atoms in total. The fourth-order valence-corrected chi connectivity index (χ4v) is 2.46. The second-order valence-electron chi connectivity index (χ2n) is 4.00. The summed E-state index contributed by atoms with van der Waals surface area (Å²) in [4.78, 5) is 14.8. The van der Waals surface area contributed by atoms with E-state index in [9.17, 15) is 4.79 Å². The van der Waals surface area contributed by atoms with Gasteiger partial charge >= 0.3 is 0 Å². The van der Waals surface area contributed by atoms with Crippen molar-refractivity contribution in [3.8, 4) is 0 Å². The van der Waals surface area contributed by atoms with Gasteiger partial charge in [-0.05, 0) is 36.8 Å². The van der Waals surface area contributed by atoms with Crippen molar-refractivity contribution >= 4 is 17.2 Å². The van der Waals surface area contributed by atoms with E-state index in [2.05, 4.69) is 18.4 Å². The van der Waals surface area contributed by atoms with E-state index in [1.54, 1.807) is 11.3 Å². The maximum atomic E-state index is 11.7. The summed E-state index contributed by atoms with van der Waals surface area (Å²) in [7, 11) is 1.90. The first-order valence-electron chi connectivity index (χ1n) is 4.96. The molecule has 0 unspecified atom stereocenters. The summed E-state index contributed by atoms with van der Waals surface area (Å²) < 4.78 is 0. The van der Waals surface area contributed by atoms with Gasteiger partial charge in [0.2, 0.25) is 5.91 Å². The van der Waals surface area contributed by atoms with E-state index >= 15 is 0 Å². The summed E-state index contributed by atoms with van der Waals surface area (Å²) in [6.45, 7) is 2.88. The largest absolute Gasteiger partial charge is 0.340 e. The number of rotatable bonds is 3. The van der Waals surface area contributed by atoms with E-state index < -0.39 is 0 Å². The fraction of sp³-hybridized carbons (Fsp3) is 0.545. The Morgan fingerprint density at radius 1 is 1.64 bits per heavy atom. The number of thiophene rings is 1. The van der Waals surface area contributed by atoms with Crippen molar-refractivity contribution in [2.75, 3.05) is 7.05 Å². The first-order chi connectivity index (χ1) is 6.68. The quantitative estimate of drug-likeness (QED) is 0.748. The summed E-state index contributed by atoms with van der Waals surface area (Å²) >= 11 is 1.73. The Balaban J connectivity index is 1.96. The topological polar surface area (TPSA) is 20.3 Å². The molecule has 0 spiro atoms. The van der Waals surface area contributed by atoms with E-state index in [1.807, 2.05) is 11.9 Å². The van der Waals surface area contributed by atoms with Crippen LogP contribution in [-0.2, 0) is 11.3 Å². The predicted molar refractivity (Wildman–Crippen MR) is 58.3 cm³/mol. The van der Waals surface area contributed by atoms with Gasteiger partial charge in [0.25, 0.3) is 0 Å². The molecule has 1 aliphatic rings. The molecule has 0 N–H and O–H groups in total. The lowest BCUT2D eigenvalue weighted by Crippen LogP contribution is -2.27. The molecule has 1 aromatic heterocycles. The average Bonchev–Trinajstić information content (AvgIpc) is 2.92. The highest BCUT2D eigenvalue weighted by Crippen LogP contribution is 2.31. The van der Waals surface area contributed by atoms with Crippen LogP contribution in [0.3, 0.4) is 0 Å². The third-order valence-corrected chi connectivity index (χ3v) is 3.66. The zero-order valence-corrected chi connectivity index (χ0v) is 9.43. The summed E-state index contributed by atoms with van der Waals surface area (Å²) in [6, 6.07) is 2.11. The van der Waals surface area contributed by atoms with Gasteiger partial charge in [-0.2, -0.15) is 0 Å². The fourth-order valence-electron chi connectivity index (χ4n) is 1.50. The summed E-state index contributed by atoms with van der Waals surface area (Å²) in [5, 5.41) is 2.08. The second kappa shape index (κ2) is 3.73. The minimum atomic E-state index is 0.317. The minimum Gasteiger partial charge on any atom is -0.340 e.